The molecule has 4 N–H and O–H groups in total. The Hall–Kier alpha value is -2.75. The molecule has 1 aliphatic rings. The highest BCUT2D eigenvalue weighted by atomic mass is 16.2. The molecule has 1 aliphatic heterocycles. The number of piperidine rings is 1. The Labute approximate surface area is 157 Å². The fraction of sp³-hybridized carbons (Fsp3) is 0.588. The monoisotopic (exact) mass is 374 g/mol. The predicted octanol–water partition coefficient (Wildman–Crippen LogP) is -0.365. The number of rotatable bonds is 7. The molecule has 0 saturated carbocycles. The van der Waals surface area contributed by atoms with Crippen LogP contribution in [0.3, 0.4) is 0 Å². The van der Waals surface area contributed by atoms with E-state index < -0.39 is 0 Å². The Bertz CT molecular complexity index is 792. The van der Waals surface area contributed by atoms with Crippen molar-refractivity contribution in [2.45, 2.75) is 31.7 Å². The van der Waals surface area contributed by atoms with Crippen molar-refractivity contribution < 1.29 is 9.59 Å². The summed E-state index contributed by atoms with van der Waals surface area (Å²) in [6.07, 6.45) is 6.21. The maximum Gasteiger partial charge on any atom is 0.242 e. The molecule has 1 saturated heterocycles. The molecule has 27 heavy (non-hydrogen) atoms. The highest BCUT2D eigenvalue weighted by Crippen LogP contribution is 2.20. The van der Waals surface area contributed by atoms with Crippen LogP contribution in [0.4, 0.5) is 5.82 Å². The third-order valence-corrected chi connectivity index (χ3v) is 4.79. The van der Waals surface area contributed by atoms with Gasteiger partial charge in [-0.25, -0.2) is 15.0 Å². The minimum absolute atomic E-state index is 0.0129. The smallest absolute Gasteiger partial charge is 0.242 e. The third-order valence-electron chi connectivity index (χ3n) is 4.79. The molecule has 2 aromatic heterocycles. The molecule has 146 valence electrons. The van der Waals surface area contributed by atoms with Gasteiger partial charge in [0.15, 0.2) is 11.5 Å². The van der Waals surface area contributed by atoms with Gasteiger partial charge in [-0.05, 0) is 19.3 Å². The molecule has 10 heteroatoms. The zero-order valence-corrected chi connectivity index (χ0v) is 15.5. The van der Waals surface area contributed by atoms with Crippen molar-refractivity contribution in [2.24, 2.45) is 5.73 Å². The van der Waals surface area contributed by atoms with Gasteiger partial charge in [0, 0.05) is 39.1 Å². The van der Waals surface area contributed by atoms with Gasteiger partial charge < -0.3 is 25.8 Å². The summed E-state index contributed by atoms with van der Waals surface area (Å²) < 4.78 is 0. The van der Waals surface area contributed by atoms with E-state index in [2.05, 4.69) is 25.3 Å². The number of aromatic nitrogens is 4. The first-order chi connectivity index (χ1) is 13.1. The van der Waals surface area contributed by atoms with E-state index in [-0.39, 0.29) is 24.4 Å². The summed E-state index contributed by atoms with van der Waals surface area (Å²) in [7, 11) is 1.82. The third kappa shape index (κ3) is 4.51. The standard InChI is InChI=1S/C17H26N8O2/c1-24(17-15-16(21-10-20-15)22-11-23-17)9-14(27)25-7-3-2-4-12(25)8-19-13(26)5-6-18/h10-12H,2-9,18H2,1H3,(H,19,26)(H,20,21,22,23). The molecule has 1 atom stereocenters. The Morgan fingerprint density at radius 1 is 1.37 bits per heavy atom. The summed E-state index contributed by atoms with van der Waals surface area (Å²) in [5.41, 5.74) is 6.68. The summed E-state index contributed by atoms with van der Waals surface area (Å²) in [4.78, 5) is 43.8. The minimum Gasteiger partial charge on any atom is -0.354 e. The van der Waals surface area contributed by atoms with Crippen LogP contribution in [0.15, 0.2) is 12.7 Å². The Balaban J connectivity index is 1.64. The van der Waals surface area contributed by atoms with E-state index in [0.717, 1.165) is 19.3 Å². The van der Waals surface area contributed by atoms with Gasteiger partial charge in [-0.3, -0.25) is 9.59 Å². The number of nitrogens with zero attached hydrogens (tertiary/aromatic N) is 5. The average Bonchev–Trinajstić information content (AvgIpc) is 3.15. The lowest BCUT2D eigenvalue weighted by Gasteiger charge is -2.37. The topological polar surface area (TPSA) is 133 Å². The molecule has 3 rings (SSSR count). The van der Waals surface area contributed by atoms with Gasteiger partial charge >= 0.3 is 0 Å². The molecule has 3 heterocycles. The predicted molar refractivity (Wildman–Crippen MR) is 101 cm³/mol. The van der Waals surface area contributed by atoms with E-state index in [1.54, 1.807) is 11.2 Å². The summed E-state index contributed by atoms with van der Waals surface area (Å²) in [5, 5.41) is 2.88. The van der Waals surface area contributed by atoms with Gasteiger partial charge in [0.1, 0.15) is 11.8 Å². The molecule has 0 bridgehead atoms. The van der Waals surface area contributed by atoms with E-state index in [1.807, 2.05) is 11.9 Å². The van der Waals surface area contributed by atoms with Crippen molar-refractivity contribution in [3.8, 4) is 0 Å². The molecule has 1 fully saturated rings. The van der Waals surface area contributed by atoms with Crippen LogP contribution in [0.25, 0.3) is 11.2 Å². The van der Waals surface area contributed by atoms with Gasteiger partial charge in [-0.15, -0.1) is 0 Å². The highest BCUT2D eigenvalue weighted by molar-refractivity contribution is 5.87. The first kappa shape index (κ1) is 19.0. The van der Waals surface area contributed by atoms with E-state index in [1.165, 1.54) is 6.33 Å². The molecule has 10 nitrogen and oxygen atoms in total. The van der Waals surface area contributed by atoms with Crippen molar-refractivity contribution in [2.75, 3.05) is 38.1 Å². The number of carbonyl (C=O) groups is 2. The van der Waals surface area contributed by atoms with Crippen LogP contribution in [-0.4, -0.2) is 75.9 Å². The van der Waals surface area contributed by atoms with Gasteiger partial charge in [0.2, 0.25) is 11.8 Å². The van der Waals surface area contributed by atoms with Crippen molar-refractivity contribution in [3.05, 3.63) is 12.7 Å². The number of fused-ring (bicyclic) bond motifs is 1. The van der Waals surface area contributed by atoms with Crippen LogP contribution in [0, 0.1) is 0 Å². The van der Waals surface area contributed by atoms with Crippen molar-refractivity contribution in [1.82, 2.24) is 30.2 Å². The Morgan fingerprint density at radius 2 is 2.22 bits per heavy atom. The SMILES string of the molecule is CN(CC(=O)N1CCCCC1CNC(=O)CCN)c1ncnc2nc[nH]c12. The number of aromatic amines is 1. The van der Waals surface area contributed by atoms with E-state index in [0.29, 0.717) is 43.0 Å². The fourth-order valence-electron chi connectivity index (χ4n) is 3.40. The molecular weight excluding hydrogens is 348 g/mol. The molecular formula is C17H26N8O2. The molecule has 0 spiro atoms. The lowest BCUT2D eigenvalue weighted by molar-refractivity contribution is -0.134. The van der Waals surface area contributed by atoms with Crippen molar-refractivity contribution in [1.29, 1.82) is 0 Å². The molecule has 2 aromatic rings. The second-order valence-electron chi connectivity index (χ2n) is 6.73. The summed E-state index contributed by atoms with van der Waals surface area (Å²) in [5.74, 6) is 0.576. The van der Waals surface area contributed by atoms with Gasteiger partial charge in [-0.1, -0.05) is 0 Å². The number of H-pyrrole nitrogens is 1. The van der Waals surface area contributed by atoms with Crippen LogP contribution < -0.4 is 16.0 Å². The molecule has 1 unspecified atom stereocenters. The second-order valence-corrected chi connectivity index (χ2v) is 6.73. The quantitative estimate of drug-likeness (QED) is 0.602. The number of imidazole rings is 1. The van der Waals surface area contributed by atoms with Crippen LogP contribution in [0.2, 0.25) is 0 Å². The van der Waals surface area contributed by atoms with E-state index in [9.17, 15) is 9.59 Å². The number of carbonyl (C=O) groups excluding carboxylic acids is 2. The second kappa shape index (κ2) is 8.76. The maximum absolute atomic E-state index is 12.9. The largest absolute Gasteiger partial charge is 0.354 e. The van der Waals surface area contributed by atoms with Gasteiger partial charge in [0.05, 0.1) is 12.9 Å². The molecule has 0 radical (unpaired) electrons. The van der Waals surface area contributed by atoms with Crippen LogP contribution in [0.1, 0.15) is 25.7 Å². The zero-order chi connectivity index (χ0) is 19.2. The Morgan fingerprint density at radius 3 is 3.04 bits per heavy atom. The van der Waals surface area contributed by atoms with Crippen LogP contribution in [-0.2, 0) is 9.59 Å². The van der Waals surface area contributed by atoms with Gasteiger partial charge in [0.25, 0.3) is 0 Å². The fourth-order valence-corrected chi connectivity index (χ4v) is 3.40. The molecule has 0 aromatic carbocycles. The highest BCUT2D eigenvalue weighted by Gasteiger charge is 2.28. The minimum atomic E-state index is -0.0739. The number of likely N-dealkylation sites (N-methyl/N-ethyl adjacent to an activating group) is 1. The van der Waals surface area contributed by atoms with E-state index in [4.69, 9.17) is 5.73 Å². The number of likely N-dealkylation sites (tertiary alicyclic amines) is 1. The number of hydrogen-bond donors (Lipinski definition) is 3. The first-order valence-corrected chi connectivity index (χ1v) is 9.21. The normalized spacial score (nSPS) is 17.1. The lowest BCUT2D eigenvalue weighted by atomic mass is 10.0. The zero-order valence-electron chi connectivity index (χ0n) is 15.5. The van der Waals surface area contributed by atoms with Crippen LogP contribution in [0.5, 0.6) is 0 Å². The number of hydrogen-bond acceptors (Lipinski definition) is 7. The van der Waals surface area contributed by atoms with Crippen molar-refractivity contribution >= 4 is 28.8 Å². The van der Waals surface area contributed by atoms with E-state index >= 15 is 0 Å². The van der Waals surface area contributed by atoms with Gasteiger partial charge in [-0.2, -0.15) is 0 Å². The summed E-state index contributed by atoms with van der Waals surface area (Å²) >= 11 is 0. The number of nitrogens with two attached hydrogens (primary N) is 1. The first-order valence-electron chi connectivity index (χ1n) is 9.21. The maximum atomic E-state index is 12.9. The van der Waals surface area contributed by atoms with Crippen molar-refractivity contribution in [3.63, 3.8) is 0 Å². The summed E-state index contributed by atoms with van der Waals surface area (Å²) in [6, 6.07) is 0.0129. The number of anilines is 1. The summed E-state index contributed by atoms with van der Waals surface area (Å²) in [6.45, 7) is 1.68. The lowest BCUT2D eigenvalue weighted by Crippen LogP contribution is -2.52. The number of amides is 2. The number of nitrogens with one attached hydrogen (secondary N) is 2. The van der Waals surface area contributed by atoms with Crippen LogP contribution >= 0.6 is 0 Å². The molecule has 0 aliphatic carbocycles. The molecule has 2 amide bonds. The average molecular weight is 374 g/mol. The Kier molecular flexibility index (Phi) is 6.17.